The molecule has 0 saturated carbocycles. The monoisotopic (exact) mass is 341 g/mol. The van der Waals surface area contributed by atoms with Crippen LogP contribution in [0, 0.1) is 5.92 Å². The first-order valence-electron chi connectivity index (χ1n) is 9.36. The number of para-hydroxylation sites is 1. The smallest absolute Gasteiger partial charge is 0.224 e. The minimum atomic E-state index is 0.278. The van der Waals surface area contributed by atoms with Gasteiger partial charge in [-0.1, -0.05) is 25.1 Å². The summed E-state index contributed by atoms with van der Waals surface area (Å²) in [6, 6.07) is 10.9. The van der Waals surface area contributed by atoms with Gasteiger partial charge in [-0.25, -0.2) is 0 Å². The highest BCUT2D eigenvalue weighted by Gasteiger charge is 2.36. The van der Waals surface area contributed by atoms with Gasteiger partial charge in [0.05, 0.1) is 13.2 Å². The first-order valence-corrected chi connectivity index (χ1v) is 9.36. The number of hydrogen-bond acceptors (Lipinski definition) is 3. The zero-order valence-corrected chi connectivity index (χ0v) is 14.9. The third kappa shape index (κ3) is 3.44. The van der Waals surface area contributed by atoms with Crippen LogP contribution in [-0.4, -0.2) is 65.7 Å². The van der Waals surface area contributed by atoms with Crippen molar-refractivity contribution in [3.05, 3.63) is 36.5 Å². The Bertz CT molecular complexity index is 735. The SMILES string of the molecule is C[C@H]1CN(C(=O)CCn2ccc3ccccc32)C[C@@H]1N1CCOCC1. The average molecular weight is 341 g/mol. The molecule has 2 aliphatic rings. The highest BCUT2D eigenvalue weighted by Crippen LogP contribution is 2.23. The van der Waals surface area contributed by atoms with Gasteiger partial charge in [0.25, 0.3) is 0 Å². The van der Waals surface area contributed by atoms with Crippen molar-refractivity contribution >= 4 is 16.8 Å². The van der Waals surface area contributed by atoms with E-state index >= 15 is 0 Å². The Kier molecular flexibility index (Phi) is 4.77. The van der Waals surface area contributed by atoms with Crippen LogP contribution in [0.3, 0.4) is 0 Å². The number of carbonyl (C=O) groups is 1. The summed E-state index contributed by atoms with van der Waals surface area (Å²) in [5, 5.41) is 1.23. The standard InChI is InChI=1S/C20H27N3O2/c1-16-14-23(15-19(16)22-10-12-25-13-11-22)20(24)7-9-21-8-6-17-4-2-3-5-18(17)21/h2-6,8,16,19H,7,9-15H2,1H3/t16-,19-/m0/s1. The van der Waals surface area contributed by atoms with E-state index in [1.54, 1.807) is 0 Å². The Balaban J connectivity index is 1.35. The van der Waals surface area contributed by atoms with E-state index in [9.17, 15) is 4.79 Å². The molecular weight excluding hydrogens is 314 g/mol. The summed E-state index contributed by atoms with van der Waals surface area (Å²) in [7, 11) is 0. The van der Waals surface area contributed by atoms with Crippen molar-refractivity contribution in [3.8, 4) is 0 Å². The number of aryl methyl sites for hydroxylation is 1. The molecule has 1 amide bonds. The first-order chi connectivity index (χ1) is 12.2. The van der Waals surface area contributed by atoms with Gasteiger partial charge in [0, 0.05) is 56.9 Å². The number of rotatable bonds is 4. The van der Waals surface area contributed by atoms with Crippen LogP contribution in [0.4, 0.5) is 0 Å². The maximum atomic E-state index is 12.7. The fraction of sp³-hybridized carbons (Fsp3) is 0.550. The lowest BCUT2D eigenvalue weighted by Crippen LogP contribution is -2.47. The lowest BCUT2D eigenvalue weighted by molar-refractivity contribution is -0.130. The average Bonchev–Trinajstić information content (AvgIpc) is 3.24. The van der Waals surface area contributed by atoms with Gasteiger partial charge < -0.3 is 14.2 Å². The molecule has 2 fully saturated rings. The summed E-state index contributed by atoms with van der Waals surface area (Å²) in [6.07, 6.45) is 2.66. The summed E-state index contributed by atoms with van der Waals surface area (Å²) in [6.45, 7) is 8.39. The van der Waals surface area contributed by atoms with Crippen molar-refractivity contribution in [2.45, 2.75) is 25.9 Å². The number of aromatic nitrogens is 1. The first kappa shape index (κ1) is 16.6. The molecule has 0 radical (unpaired) electrons. The van der Waals surface area contributed by atoms with Crippen molar-refractivity contribution in [2.75, 3.05) is 39.4 Å². The number of fused-ring (bicyclic) bond motifs is 1. The Hall–Kier alpha value is -1.85. The van der Waals surface area contributed by atoms with E-state index in [1.807, 2.05) is 0 Å². The van der Waals surface area contributed by atoms with Crippen LogP contribution >= 0.6 is 0 Å². The van der Waals surface area contributed by atoms with Crippen LogP contribution in [0.1, 0.15) is 13.3 Å². The second kappa shape index (κ2) is 7.18. The molecule has 1 aromatic heterocycles. The molecule has 25 heavy (non-hydrogen) atoms. The number of benzene rings is 1. The molecule has 2 aromatic rings. The topological polar surface area (TPSA) is 37.7 Å². The number of ether oxygens (including phenoxy) is 1. The number of hydrogen-bond donors (Lipinski definition) is 0. The molecular formula is C20H27N3O2. The van der Waals surface area contributed by atoms with Crippen LogP contribution in [0.5, 0.6) is 0 Å². The summed E-state index contributed by atoms with van der Waals surface area (Å²) >= 11 is 0. The zero-order valence-electron chi connectivity index (χ0n) is 14.9. The lowest BCUT2D eigenvalue weighted by atomic mass is 10.0. The van der Waals surface area contributed by atoms with E-state index in [-0.39, 0.29) is 5.91 Å². The minimum absolute atomic E-state index is 0.278. The summed E-state index contributed by atoms with van der Waals surface area (Å²) in [4.78, 5) is 17.3. The van der Waals surface area contributed by atoms with Crippen LogP contribution in [0.15, 0.2) is 36.5 Å². The van der Waals surface area contributed by atoms with Crippen molar-refractivity contribution in [1.82, 2.24) is 14.4 Å². The molecule has 4 rings (SSSR count). The van der Waals surface area contributed by atoms with Gasteiger partial charge in [-0.15, -0.1) is 0 Å². The quantitative estimate of drug-likeness (QED) is 0.856. The molecule has 5 heteroatoms. The number of amides is 1. The normalized spacial score (nSPS) is 24.9. The second-order valence-electron chi connectivity index (χ2n) is 7.31. The van der Waals surface area contributed by atoms with Gasteiger partial charge in [-0.05, 0) is 23.4 Å². The highest BCUT2D eigenvalue weighted by atomic mass is 16.5. The Morgan fingerprint density at radius 2 is 1.96 bits per heavy atom. The van der Waals surface area contributed by atoms with Gasteiger partial charge >= 0.3 is 0 Å². The molecule has 0 aliphatic carbocycles. The number of morpholine rings is 1. The maximum Gasteiger partial charge on any atom is 0.224 e. The molecule has 0 N–H and O–H groups in total. The predicted molar refractivity (Wildman–Crippen MR) is 98.5 cm³/mol. The molecule has 5 nitrogen and oxygen atoms in total. The zero-order chi connectivity index (χ0) is 17.2. The minimum Gasteiger partial charge on any atom is -0.379 e. The number of nitrogens with zero attached hydrogens (tertiary/aromatic N) is 3. The van der Waals surface area contributed by atoms with Crippen molar-refractivity contribution in [2.24, 2.45) is 5.92 Å². The van der Waals surface area contributed by atoms with Crippen molar-refractivity contribution < 1.29 is 9.53 Å². The number of likely N-dealkylation sites (tertiary alicyclic amines) is 1. The van der Waals surface area contributed by atoms with Gasteiger partial charge in [-0.3, -0.25) is 9.69 Å². The van der Waals surface area contributed by atoms with Gasteiger partial charge in [0.15, 0.2) is 0 Å². The van der Waals surface area contributed by atoms with E-state index in [4.69, 9.17) is 4.74 Å². The van der Waals surface area contributed by atoms with Crippen LogP contribution in [0.25, 0.3) is 10.9 Å². The Morgan fingerprint density at radius 1 is 1.16 bits per heavy atom. The number of carbonyl (C=O) groups excluding carboxylic acids is 1. The van der Waals surface area contributed by atoms with Crippen molar-refractivity contribution in [3.63, 3.8) is 0 Å². The van der Waals surface area contributed by atoms with E-state index in [1.165, 1.54) is 10.9 Å². The van der Waals surface area contributed by atoms with E-state index in [0.717, 1.165) is 45.9 Å². The molecule has 3 heterocycles. The Morgan fingerprint density at radius 3 is 2.80 bits per heavy atom. The van der Waals surface area contributed by atoms with Gasteiger partial charge in [0.2, 0.25) is 5.91 Å². The molecule has 2 aliphatic heterocycles. The fourth-order valence-corrected chi connectivity index (χ4v) is 4.25. The predicted octanol–water partition coefficient (Wildman–Crippen LogP) is 2.21. The molecule has 2 atom stereocenters. The van der Waals surface area contributed by atoms with Crippen LogP contribution < -0.4 is 0 Å². The lowest BCUT2D eigenvalue weighted by Gasteiger charge is -2.34. The molecule has 2 saturated heterocycles. The molecule has 0 spiro atoms. The molecule has 0 bridgehead atoms. The van der Waals surface area contributed by atoms with E-state index in [0.29, 0.717) is 18.4 Å². The largest absolute Gasteiger partial charge is 0.379 e. The van der Waals surface area contributed by atoms with Crippen LogP contribution in [0.2, 0.25) is 0 Å². The Labute approximate surface area is 149 Å². The van der Waals surface area contributed by atoms with Gasteiger partial charge in [0.1, 0.15) is 0 Å². The third-order valence-electron chi connectivity index (χ3n) is 5.69. The summed E-state index contributed by atoms with van der Waals surface area (Å²) in [5.41, 5.74) is 1.20. The van der Waals surface area contributed by atoms with Gasteiger partial charge in [-0.2, -0.15) is 0 Å². The molecule has 134 valence electrons. The molecule has 0 unspecified atom stereocenters. The second-order valence-corrected chi connectivity index (χ2v) is 7.31. The third-order valence-corrected chi connectivity index (χ3v) is 5.69. The summed E-state index contributed by atoms with van der Waals surface area (Å²) in [5.74, 6) is 0.815. The van der Waals surface area contributed by atoms with Crippen molar-refractivity contribution in [1.29, 1.82) is 0 Å². The highest BCUT2D eigenvalue weighted by molar-refractivity contribution is 5.80. The summed E-state index contributed by atoms with van der Waals surface area (Å²) < 4.78 is 7.65. The van der Waals surface area contributed by atoms with E-state index in [2.05, 4.69) is 57.8 Å². The van der Waals surface area contributed by atoms with Crippen LogP contribution in [-0.2, 0) is 16.1 Å². The van der Waals surface area contributed by atoms with E-state index < -0.39 is 0 Å². The fourth-order valence-electron chi connectivity index (χ4n) is 4.25. The maximum absolute atomic E-state index is 12.7. The molecule has 1 aromatic carbocycles.